The molecule has 4 N–H and O–H groups in total. The molecule has 172 valence electrons. The second-order valence-electron chi connectivity index (χ2n) is 9.52. The summed E-state index contributed by atoms with van der Waals surface area (Å²) in [6.07, 6.45) is 0. The Labute approximate surface area is 191 Å². The van der Waals surface area contributed by atoms with Crippen molar-refractivity contribution in [3.63, 3.8) is 0 Å². The molecular formula is C22H32O6P2S. The Morgan fingerprint density at radius 1 is 0.645 bits per heavy atom. The largest absolute Gasteiger partial charge is 0.427 e. The third kappa shape index (κ3) is 7.03. The molecule has 2 aromatic rings. The number of hydrogen-bond donors (Lipinski definition) is 4. The summed E-state index contributed by atoms with van der Waals surface area (Å²) in [7, 11) is -5.01. The van der Waals surface area contributed by atoms with Crippen molar-refractivity contribution in [1.82, 2.24) is 0 Å². The van der Waals surface area contributed by atoms with E-state index in [2.05, 4.69) is 0 Å². The minimum atomic E-state index is -2.50. The lowest BCUT2D eigenvalue weighted by Crippen LogP contribution is -2.14. The number of aryl methyl sites for hydroxylation is 2. The van der Waals surface area contributed by atoms with Gasteiger partial charge in [0, 0.05) is 20.9 Å². The molecule has 0 aliphatic heterocycles. The van der Waals surface area contributed by atoms with Gasteiger partial charge in [-0.15, -0.1) is 0 Å². The molecule has 31 heavy (non-hydrogen) atoms. The monoisotopic (exact) mass is 486 g/mol. The molecule has 0 radical (unpaired) electrons. The number of rotatable bonds is 6. The first-order chi connectivity index (χ1) is 14.1. The Bertz CT molecular complexity index is 858. The number of benzene rings is 2. The first-order valence-electron chi connectivity index (χ1n) is 9.79. The summed E-state index contributed by atoms with van der Waals surface area (Å²) in [4.78, 5) is 39.5. The summed E-state index contributed by atoms with van der Waals surface area (Å²) >= 11 is 1.61. The van der Waals surface area contributed by atoms with Crippen molar-refractivity contribution in [2.24, 2.45) is 0 Å². The molecule has 0 aliphatic rings. The Kier molecular flexibility index (Phi) is 8.43. The highest BCUT2D eigenvalue weighted by Gasteiger charge is 2.25. The zero-order valence-electron chi connectivity index (χ0n) is 19.2. The Balaban J connectivity index is 2.57. The molecule has 6 nitrogen and oxygen atoms in total. The summed E-state index contributed by atoms with van der Waals surface area (Å²) in [6.45, 7) is 16.2. The lowest BCUT2D eigenvalue weighted by Gasteiger charge is -2.26. The second-order valence-corrected chi connectivity index (χ2v) is 12.0. The summed E-state index contributed by atoms with van der Waals surface area (Å²) in [5.41, 5.74) is 3.16. The van der Waals surface area contributed by atoms with E-state index in [-0.39, 0.29) is 10.8 Å². The van der Waals surface area contributed by atoms with Gasteiger partial charge in [0.1, 0.15) is 11.5 Å². The molecule has 0 atom stereocenters. The maximum atomic E-state index is 9.37. The van der Waals surface area contributed by atoms with Crippen LogP contribution in [0.15, 0.2) is 34.1 Å². The summed E-state index contributed by atoms with van der Waals surface area (Å²) in [5, 5.41) is 0. The fourth-order valence-electron chi connectivity index (χ4n) is 3.16. The van der Waals surface area contributed by atoms with Crippen LogP contribution < -0.4 is 9.05 Å². The van der Waals surface area contributed by atoms with Crippen LogP contribution in [0.25, 0.3) is 0 Å². The molecule has 0 unspecified atom stereocenters. The fourth-order valence-corrected chi connectivity index (χ4v) is 4.85. The van der Waals surface area contributed by atoms with Gasteiger partial charge in [-0.05, 0) is 60.1 Å². The topological polar surface area (TPSA) is 99.4 Å². The second kappa shape index (κ2) is 9.93. The van der Waals surface area contributed by atoms with Gasteiger partial charge in [-0.1, -0.05) is 53.3 Å². The van der Waals surface area contributed by atoms with Gasteiger partial charge >= 0.3 is 17.2 Å². The van der Waals surface area contributed by atoms with Crippen LogP contribution in [0.5, 0.6) is 11.5 Å². The van der Waals surface area contributed by atoms with Crippen molar-refractivity contribution in [1.29, 1.82) is 0 Å². The highest BCUT2D eigenvalue weighted by molar-refractivity contribution is 7.99. The third-order valence-corrected chi connectivity index (χ3v) is 6.79. The van der Waals surface area contributed by atoms with Crippen molar-refractivity contribution in [2.45, 2.75) is 76.0 Å². The summed E-state index contributed by atoms with van der Waals surface area (Å²) < 4.78 is 10.6. The van der Waals surface area contributed by atoms with E-state index in [9.17, 15) is 19.6 Å². The molecule has 0 saturated carbocycles. The van der Waals surface area contributed by atoms with Crippen LogP contribution in [0.1, 0.15) is 63.8 Å². The first kappa shape index (κ1) is 26.3. The van der Waals surface area contributed by atoms with Crippen LogP contribution in [0.4, 0.5) is 0 Å². The smallest absolute Gasteiger partial charge is 0.391 e. The standard InChI is InChI=1S/C22H32O6P2S/c1-13-9-17(27-29(23)24)15(21(3,4)5)11-19(13)31-20-12-16(22(6,7)8)18(10-14(20)2)28-30(25)26/h9-12,23-26H,1-8H3. The van der Waals surface area contributed by atoms with E-state index in [1.165, 1.54) is 0 Å². The minimum absolute atomic E-state index is 0.258. The molecule has 0 saturated heterocycles. The normalized spacial score (nSPS) is 12.6. The quantitative estimate of drug-likeness (QED) is 0.359. The average molecular weight is 487 g/mol. The van der Waals surface area contributed by atoms with Crippen molar-refractivity contribution in [3.05, 3.63) is 46.5 Å². The van der Waals surface area contributed by atoms with Crippen LogP contribution in [0.3, 0.4) is 0 Å². The SMILES string of the molecule is Cc1cc(OP(O)O)c(C(C)(C)C)cc1Sc1cc(C(C)(C)C)c(OP(O)O)cc1C. The van der Waals surface area contributed by atoms with Gasteiger partial charge in [0.2, 0.25) is 0 Å². The molecule has 2 aromatic carbocycles. The van der Waals surface area contributed by atoms with Crippen LogP contribution in [0, 0.1) is 13.8 Å². The van der Waals surface area contributed by atoms with Crippen LogP contribution in [-0.2, 0) is 10.8 Å². The molecule has 0 heterocycles. The van der Waals surface area contributed by atoms with Gasteiger partial charge in [0.05, 0.1) is 0 Å². The van der Waals surface area contributed by atoms with E-state index < -0.39 is 17.2 Å². The van der Waals surface area contributed by atoms with Crippen LogP contribution >= 0.6 is 29.0 Å². The van der Waals surface area contributed by atoms with E-state index in [1.807, 2.05) is 79.7 Å². The lowest BCUT2D eigenvalue weighted by atomic mass is 9.86. The van der Waals surface area contributed by atoms with Gasteiger partial charge in [0.25, 0.3) is 0 Å². The average Bonchev–Trinajstić information content (AvgIpc) is 2.55. The van der Waals surface area contributed by atoms with E-state index in [4.69, 9.17) is 9.05 Å². The maximum absolute atomic E-state index is 9.37. The van der Waals surface area contributed by atoms with E-state index in [1.54, 1.807) is 11.8 Å². The third-order valence-electron chi connectivity index (χ3n) is 4.75. The van der Waals surface area contributed by atoms with Gasteiger partial charge < -0.3 is 28.6 Å². The first-order valence-corrected chi connectivity index (χ1v) is 12.9. The molecule has 0 aromatic heterocycles. The van der Waals surface area contributed by atoms with E-state index >= 15 is 0 Å². The summed E-state index contributed by atoms with van der Waals surface area (Å²) in [6, 6.07) is 7.75. The van der Waals surface area contributed by atoms with Crippen LogP contribution in [0.2, 0.25) is 0 Å². The van der Waals surface area contributed by atoms with Gasteiger partial charge in [-0.3, -0.25) is 0 Å². The van der Waals surface area contributed by atoms with Gasteiger partial charge in [-0.25, -0.2) is 0 Å². The zero-order valence-corrected chi connectivity index (χ0v) is 21.8. The zero-order chi connectivity index (χ0) is 23.7. The van der Waals surface area contributed by atoms with Crippen molar-refractivity contribution in [2.75, 3.05) is 0 Å². The van der Waals surface area contributed by atoms with Crippen LogP contribution in [-0.4, -0.2) is 19.6 Å². The molecular weight excluding hydrogens is 454 g/mol. The molecule has 0 fully saturated rings. The molecule has 0 spiro atoms. The highest BCUT2D eigenvalue weighted by Crippen LogP contribution is 2.46. The van der Waals surface area contributed by atoms with Gasteiger partial charge in [0.15, 0.2) is 0 Å². The van der Waals surface area contributed by atoms with Gasteiger partial charge in [-0.2, -0.15) is 0 Å². The minimum Gasteiger partial charge on any atom is -0.427 e. The molecule has 0 aliphatic carbocycles. The molecule has 2 rings (SSSR count). The van der Waals surface area contributed by atoms with E-state index in [0.717, 1.165) is 32.0 Å². The number of hydrogen-bond acceptors (Lipinski definition) is 7. The molecule has 9 heteroatoms. The summed E-state index contributed by atoms with van der Waals surface area (Å²) in [5.74, 6) is 0.945. The van der Waals surface area contributed by atoms with Crippen molar-refractivity contribution in [3.8, 4) is 11.5 Å². The maximum Gasteiger partial charge on any atom is 0.391 e. The molecule has 0 amide bonds. The Morgan fingerprint density at radius 2 is 0.968 bits per heavy atom. The predicted molar refractivity (Wildman–Crippen MR) is 128 cm³/mol. The molecule has 0 bridgehead atoms. The lowest BCUT2D eigenvalue weighted by molar-refractivity contribution is 0.367. The van der Waals surface area contributed by atoms with Crippen molar-refractivity contribution < 1.29 is 28.6 Å². The fraction of sp³-hybridized carbons (Fsp3) is 0.455. The Hall–Kier alpha value is -0.910. The predicted octanol–water partition coefficient (Wildman–Crippen LogP) is 6.23. The Morgan fingerprint density at radius 3 is 1.23 bits per heavy atom. The highest BCUT2D eigenvalue weighted by atomic mass is 32.2. The van der Waals surface area contributed by atoms with E-state index in [0.29, 0.717) is 11.5 Å². The van der Waals surface area contributed by atoms with Crippen molar-refractivity contribution >= 4 is 29.0 Å².